The van der Waals surface area contributed by atoms with Crippen LogP contribution in [0.25, 0.3) is 0 Å². The fourth-order valence-electron chi connectivity index (χ4n) is 3.55. The number of ketones is 1. The number of ether oxygens (including phenoxy) is 5. The Morgan fingerprint density at radius 2 is 1.59 bits per heavy atom. The SMILES string of the molecule is COC(=O)COc1c(CCC(C)C)c(OC)cc(OC)c1C(=O)CCc1ccc(OC)c(O)c1. The number of hydrogen-bond donors (Lipinski definition) is 1. The fourth-order valence-corrected chi connectivity index (χ4v) is 3.55. The molecule has 2 rings (SSSR count). The molecular weight excluding hydrogens is 440 g/mol. The number of carbonyl (C=O) groups excluding carboxylic acids is 2. The molecule has 0 spiro atoms. The minimum atomic E-state index is -0.566. The van der Waals surface area contributed by atoms with E-state index in [9.17, 15) is 14.7 Å². The quantitative estimate of drug-likeness (QED) is 0.337. The standard InChI is InChI=1S/C26H34O8/c1-16(2)7-10-18-22(31-4)14-23(32-5)25(26(18)34-15-24(29)33-6)19(27)11-8-17-9-12-21(30-3)20(28)13-17/h9,12-14,16,28H,7-8,10-11,15H2,1-6H3. The summed E-state index contributed by atoms with van der Waals surface area (Å²) in [5.41, 5.74) is 1.73. The maximum absolute atomic E-state index is 13.4. The van der Waals surface area contributed by atoms with Crippen molar-refractivity contribution < 1.29 is 38.4 Å². The van der Waals surface area contributed by atoms with Gasteiger partial charge < -0.3 is 28.8 Å². The Bertz CT molecular complexity index is 997. The third kappa shape index (κ3) is 6.79. The molecule has 0 saturated carbocycles. The van der Waals surface area contributed by atoms with Gasteiger partial charge in [-0.05, 0) is 42.9 Å². The topological polar surface area (TPSA) is 101 Å². The molecule has 0 aliphatic rings. The molecule has 0 aliphatic heterocycles. The molecule has 0 heterocycles. The van der Waals surface area contributed by atoms with Crippen LogP contribution >= 0.6 is 0 Å². The van der Waals surface area contributed by atoms with Gasteiger partial charge in [0.2, 0.25) is 0 Å². The van der Waals surface area contributed by atoms with Crippen LogP contribution < -0.4 is 18.9 Å². The molecule has 8 nitrogen and oxygen atoms in total. The van der Waals surface area contributed by atoms with E-state index in [4.69, 9.17) is 23.7 Å². The van der Waals surface area contributed by atoms with Crippen LogP contribution in [0.4, 0.5) is 0 Å². The van der Waals surface area contributed by atoms with Crippen LogP contribution in [-0.2, 0) is 22.4 Å². The maximum Gasteiger partial charge on any atom is 0.343 e. The zero-order valence-corrected chi connectivity index (χ0v) is 20.7. The third-order valence-electron chi connectivity index (χ3n) is 5.44. The highest BCUT2D eigenvalue weighted by Crippen LogP contribution is 2.41. The number of phenols is 1. The molecule has 0 atom stereocenters. The van der Waals surface area contributed by atoms with E-state index in [-0.39, 0.29) is 35.9 Å². The molecule has 2 aromatic carbocycles. The second kappa shape index (κ2) is 12.7. The normalized spacial score (nSPS) is 10.7. The van der Waals surface area contributed by atoms with Crippen molar-refractivity contribution in [2.24, 2.45) is 5.92 Å². The largest absolute Gasteiger partial charge is 0.504 e. The lowest BCUT2D eigenvalue weighted by atomic mass is 9.94. The Balaban J connectivity index is 2.46. The van der Waals surface area contributed by atoms with Gasteiger partial charge in [0.05, 0.1) is 28.4 Å². The van der Waals surface area contributed by atoms with Crippen molar-refractivity contribution in [3.63, 3.8) is 0 Å². The number of benzene rings is 2. The summed E-state index contributed by atoms with van der Waals surface area (Å²) in [5, 5.41) is 10.0. The van der Waals surface area contributed by atoms with Crippen molar-refractivity contribution in [3.05, 3.63) is 41.0 Å². The number of carbonyl (C=O) groups is 2. The average molecular weight is 475 g/mol. The summed E-state index contributed by atoms with van der Waals surface area (Å²) in [6, 6.07) is 6.69. The number of phenolic OH excluding ortho intramolecular Hbond substituents is 1. The van der Waals surface area contributed by atoms with Crippen LogP contribution in [0.5, 0.6) is 28.7 Å². The van der Waals surface area contributed by atoms with Crippen molar-refractivity contribution in [1.29, 1.82) is 0 Å². The predicted octanol–water partition coefficient (Wildman–Crippen LogP) is 4.37. The minimum absolute atomic E-state index is 0.00699. The number of rotatable bonds is 13. The van der Waals surface area contributed by atoms with Gasteiger partial charge in [0.25, 0.3) is 0 Å². The van der Waals surface area contributed by atoms with Crippen molar-refractivity contribution >= 4 is 11.8 Å². The molecule has 0 amide bonds. The monoisotopic (exact) mass is 474 g/mol. The molecule has 8 heteroatoms. The molecule has 186 valence electrons. The number of aryl methyl sites for hydroxylation is 1. The van der Waals surface area contributed by atoms with Crippen LogP contribution in [0, 0.1) is 5.92 Å². The highest BCUT2D eigenvalue weighted by molar-refractivity contribution is 6.02. The predicted molar refractivity (Wildman–Crippen MR) is 128 cm³/mol. The van der Waals surface area contributed by atoms with Gasteiger partial charge in [0.15, 0.2) is 23.9 Å². The molecule has 0 saturated heterocycles. The summed E-state index contributed by atoms with van der Waals surface area (Å²) in [6.45, 7) is 3.84. The highest BCUT2D eigenvalue weighted by Gasteiger charge is 2.26. The van der Waals surface area contributed by atoms with Crippen LogP contribution in [-0.4, -0.2) is 51.9 Å². The second-order valence-electron chi connectivity index (χ2n) is 8.19. The first kappa shape index (κ1) is 26.8. The maximum atomic E-state index is 13.4. The Morgan fingerprint density at radius 3 is 2.15 bits per heavy atom. The van der Waals surface area contributed by atoms with Crippen LogP contribution in [0.2, 0.25) is 0 Å². The summed E-state index contributed by atoms with van der Waals surface area (Å²) in [7, 11) is 5.75. The fraction of sp³-hybridized carbons (Fsp3) is 0.462. The average Bonchev–Trinajstić information content (AvgIpc) is 2.83. The van der Waals surface area contributed by atoms with Gasteiger partial charge in [-0.3, -0.25) is 4.79 Å². The number of Topliss-reactive ketones (excluding diaryl/α,β-unsaturated/α-hetero) is 1. The van der Waals surface area contributed by atoms with Crippen molar-refractivity contribution in [2.75, 3.05) is 35.0 Å². The summed E-state index contributed by atoms with van der Waals surface area (Å²) in [6.07, 6.45) is 1.93. The van der Waals surface area contributed by atoms with Gasteiger partial charge in [0.1, 0.15) is 22.8 Å². The Labute approximate surface area is 200 Å². The smallest absolute Gasteiger partial charge is 0.343 e. The lowest BCUT2D eigenvalue weighted by molar-refractivity contribution is -0.142. The molecular formula is C26H34O8. The Hall–Kier alpha value is -3.42. The molecule has 0 bridgehead atoms. The van der Waals surface area contributed by atoms with E-state index < -0.39 is 5.97 Å². The highest BCUT2D eigenvalue weighted by atomic mass is 16.6. The molecule has 0 aromatic heterocycles. The van der Waals surface area contributed by atoms with E-state index in [0.29, 0.717) is 41.6 Å². The first-order valence-electron chi connectivity index (χ1n) is 11.1. The van der Waals surface area contributed by atoms with Gasteiger partial charge in [0, 0.05) is 18.1 Å². The molecule has 0 unspecified atom stereocenters. The van der Waals surface area contributed by atoms with E-state index in [2.05, 4.69) is 13.8 Å². The Morgan fingerprint density at radius 1 is 0.912 bits per heavy atom. The van der Waals surface area contributed by atoms with Crippen molar-refractivity contribution in [1.82, 2.24) is 0 Å². The van der Waals surface area contributed by atoms with Gasteiger partial charge in [-0.25, -0.2) is 4.79 Å². The van der Waals surface area contributed by atoms with Crippen molar-refractivity contribution in [2.45, 2.75) is 39.5 Å². The molecule has 0 fully saturated rings. The van der Waals surface area contributed by atoms with Crippen molar-refractivity contribution in [3.8, 4) is 28.7 Å². The van der Waals surface area contributed by atoms with Gasteiger partial charge in [-0.2, -0.15) is 0 Å². The molecule has 34 heavy (non-hydrogen) atoms. The van der Waals surface area contributed by atoms with Gasteiger partial charge in [-0.1, -0.05) is 19.9 Å². The molecule has 1 N–H and O–H groups in total. The number of esters is 1. The lowest BCUT2D eigenvalue weighted by Gasteiger charge is -2.21. The van der Waals surface area contributed by atoms with E-state index in [1.807, 2.05) is 0 Å². The first-order valence-corrected chi connectivity index (χ1v) is 11.1. The molecule has 0 radical (unpaired) electrons. The van der Waals surface area contributed by atoms with Crippen LogP contribution in [0.15, 0.2) is 24.3 Å². The zero-order valence-electron chi connectivity index (χ0n) is 20.7. The van der Waals surface area contributed by atoms with Gasteiger partial charge in [-0.15, -0.1) is 0 Å². The van der Waals surface area contributed by atoms with Gasteiger partial charge >= 0.3 is 5.97 Å². The van der Waals surface area contributed by atoms with E-state index in [1.54, 1.807) is 24.3 Å². The third-order valence-corrected chi connectivity index (χ3v) is 5.44. The number of methoxy groups -OCH3 is 4. The van der Waals surface area contributed by atoms with E-state index >= 15 is 0 Å². The van der Waals surface area contributed by atoms with Crippen LogP contribution in [0.3, 0.4) is 0 Å². The lowest BCUT2D eigenvalue weighted by Crippen LogP contribution is -2.17. The summed E-state index contributed by atoms with van der Waals surface area (Å²) < 4.78 is 26.7. The van der Waals surface area contributed by atoms with E-state index in [1.165, 1.54) is 28.4 Å². The summed E-state index contributed by atoms with van der Waals surface area (Å²) >= 11 is 0. The first-order chi connectivity index (χ1) is 16.2. The summed E-state index contributed by atoms with van der Waals surface area (Å²) in [5.74, 6) is 1.07. The number of hydrogen-bond acceptors (Lipinski definition) is 8. The van der Waals surface area contributed by atoms with E-state index in [0.717, 1.165) is 12.0 Å². The molecule has 0 aliphatic carbocycles. The zero-order chi connectivity index (χ0) is 25.3. The minimum Gasteiger partial charge on any atom is -0.504 e. The molecule has 2 aromatic rings. The number of aromatic hydroxyl groups is 1. The Kier molecular flexibility index (Phi) is 10.0. The summed E-state index contributed by atoms with van der Waals surface area (Å²) in [4.78, 5) is 25.2. The van der Waals surface area contributed by atoms with Crippen LogP contribution in [0.1, 0.15) is 48.2 Å². The second-order valence-corrected chi connectivity index (χ2v) is 8.19.